The molecule has 6 nitrogen and oxygen atoms in total. The van der Waals surface area contributed by atoms with Gasteiger partial charge in [-0.25, -0.2) is 0 Å². The molecule has 0 heterocycles. The fraction of sp³-hybridized carbons (Fsp3) is 0.231. The predicted octanol–water partition coefficient (Wildman–Crippen LogP) is 0.286. The number of aromatic hydroxyl groups is 1. The molecule has 2 rings (SSSR count). The standard InChI is InChI=1S/C13H12O6/c1-19-10-3-9(16)11-7(12(10)17)2-6(4-14)8(5-15)13(11)18/h2-3,14-15,18H,4-5H2,1H3. The molecule has 6 heteroatoms. The van der Waals surface area contributed by atoms with Gasteiger partial charge in [0, 0.05) is 17.2 Å². The molecule has 1 aromatic carbocycles. The lowest BCUT2D eigenvalue weighted by Crippen LogP contribution is -2.19. The topological polar surface area (TPSA) is 104 Å². The first-order chi connectivity index (χ1) is 9.04. The molecule has 0 amide bonds. The maximum Gasteiger partial charge on any atom is 0.228 e. The largest absolute Gasteiger partial charge is 0.507 e. The highest BCUT2D eigenvalue weighted by molar-refractivity contribution is 6.25. The molecule has 1 aliphatic carbocycles. The van der Waals surface area contributed by atoms with Gasteiger partial charge in [-0.1, -0.05) is 0 Å². The van der Waals surface area contributed by atoms with E-state index in [1.807, 2.05) is 0 Å². The highest BCUT2D eigenvalue weighted by Gasteiger charge is 2.31. The number of hydrogen-bond acceptors (Lipinski definition) is 6. The van der Waals surface area contributed by atoms with Gasteiger partial charge in [0.05, 0.1) is 25.9 Å². The Labute approximate surface area is 108 Å². The predicted molar refractivity (Wildman–Crippen MR) is 63.7 cm³/mol. The Kier molecular flexibility index (Phi) is 3.37. The van der Waals surface area contributed by atoms with E-state index < -0.39 is 30.5 Å². The minimum Gasteiger partial charge on any atom is -0.507 e. The zero-order valence-corrected chi connectivity index (χ0v) is 10.1. The highest BCUT2D eigenvalue weighted by atomic mass is 16.5. The van der Waals surface area contributed by atoms with Gasteiger partial charge >= 0.3 is 0 Å². The maximum absolute atomic E-state index is 12.0. The molecule has 0 aromatic heterocycles. The van der Waals surface area contributed by atoms with Gasteiger partial charge in [-0.2, -0.15) is 0 Å². The number of ether oxygens (including phenoxy) is 1. The second-order valence-corrected chi connectivity index (χ2v) is 4.01. The van der Waals surface area contributed by atoms with E-state index in [4.69, 9.17) is 4.74 Å². The summed E-state index contributed by atoms with van der Waals surface area (Å²) in [5, 5.41) is 28.3. The summed E-state index contributed by atoms with van der Waals surface area (Å²) in [6.45, 7) is -1.01. The van der Waals surface area contributed by atoms with Crippen LogP contribution in [0.4, 0.5) is 0 Å². The smallest absolute Gasteiger partial charge is 0.228 e. The molecule has 0 unspecified atom stereocenters. The summed E-state index contributed by atoms with van der Waals surface area (Å²) in [4.78, 5) is 23.9. The quantitative estimate of drug-likeness (QED) is 0.724. The Morgan fingerprint density at radius 3 is 2.42 bits per heavy atom. The monoisotopic (exact) mass is 264 g/mol. The van der Waals surface area contributed by atoms with Crippen LogP contribution in [0.3, 0.4) is 0 Å². The zero-order valence-electron chi connectivity index (χ0n) is 10.1. The molecule has 0 saturated heterocycles. The van der Waals surface area contributed by atoms with E-state index in [1.54, 1.807) is 0 Å². The Bertz CT molecular complexity index is 600. The number of ketones is 2. The number of fused-ring (bicyclic) bond motifs is 1. The third kappa shape index (κ3) is 1.91. The third-order valence-corrected chi connectivity index (χ3v) is 3.02. The van der Waals surface area contributed by atoms with Crippen LogP contribution in [-0.4, -0.2) is 34.0 Å². The normalized spacial score (nSPS) is 14.2. The number of allylic oxidation sites excluding steroid dienone is 2. The van der Waals surface area contributed by atoms with Crippen LogP contribution < -0.4 is 0 Å². The van der Waals surface area contributed by atoms with Crippen LogP contribution in [0.1, 0.15) is 31.8 Å². The molecule has 0 bridgehead atoms. The molecule has 19 heavy (non-hydrogen) atoms. The van der Waals surface area contributed by atoms with Gasteiger partial charge in [-0.3, -0.25) is 9.59 Å². The van der Waals surface area contributed by atoms with Crippen molar-refractivity contribution in [2.75, 3.05) is 7.11 Å². The molecular weight excluding hydrogens is 252 g/mol. The van der Waals surface area contributed by atoms with Crippen LogP contribution in [0.2, 0.25) is 0 Å². The van der Waals surface area contributed by atoms with Crippen molar-refractivity contribution in [3.05, 3.63) is 40.2 Å². The molecule has 0 fully saturated rings. The van der Waals surface area contributed by atoms with Crippen molar-refractivity contribution < 1.29 is 29.6 Å². The van der Waals surface area contributed by atoms with Crippen molar-refractivity contribution in [2.45, 2.75) is 13.2 Å². The molecule has 0 spiro atoms. The van der Waals surface area contributed by atoms with Crippen molar-refractivity contribution >= 4 is 11.6 Å². The van der Waals surface area contributed by atoms with Gasteiger partial charge in [0.2, 0.25) is 5.78 Å². The number of hydrogen-bond donors (Lipinski definition) is 3. The maximum atomic E-state index is 12.0. The number of Topliss-reactive ketones (excluding diaryl/α,β-unsaturated/α-hetero) is 1. The number of benzene rings is 1. The lowest BCUT2D eigenvalue weighted by atomic mass is 9.88. The Morgan fingerprint density at radius 1 is 1.21 bits per heavy atom. The Morgan fingerprint density at radius 2 is 1.89 bits per heavy atom. The number of rotatable bonds is 3. The second-order valence-electron chi connectivity index (χ2n) is 4.01. The lowest BCUT2D eigenvalue weighted by Gasteiger charge is -2.18. The number of phenols is 1. The van der Waals surface area contributed by atoms with Gasteiger partial charge in [-0.15, -0.1) is 0 Å². The van der Waals surface area contributed by atoms with Crippen LogP contribution in [0.25, 0.3) is 0 Å². The van der Waals surface area contributed by atoms with Crippen molar-refractivity contribution in [3.8, 4) is 5.75 Å². The second kappa shape index (κ2) is 4.83. The van der Waals surface area contributed by atoms with Crippen LogP contribution in [0.5, 0.6) is 5.75 Å². The van der Waals surface area contributed by atoms with Crippen molar-refractivity contribution in [2.24, 2.45) is 0 Å². The minimum absolute atomic E-state index is 0.0386. The highest BCUT2D eigenvalue weighted by Crippen LogP contribution is 2.34. The van der Waals surface area contributed by atoms with Crippen LogP contribution in [-0.2, 0) is 18.0 Å². The lowest BCUT2D eigenvalue weighted by molar-refractivity contribution is 0.0914. The molecule has 100 valence electrons. The molecule has 0 radical (unpaired) electrons. The third-order valence-electron chi connectivity index (χ3n) is 3.02. The number of aliphatic hydroxyl groups excluding tert-OH is 2. The first-order valence-electron chi connectivity index (χ1n) is 5.49. The van der Waals surface area contributed by atoms with Crippen molar-refractivity contribution in [3.63, 3.8) is 0 Å². The van der Waals surface area contributed by atoms with Crippen LogP contribution in [0, 0.1) is 0 Å². The fourth-order valence-corrected chi connectivity index (χ4v) is 2.05. The summed E-state index contributed by atoms with van der Waals surface area (Å²) >= 11 is 0. The minimum atomic E-state index is -0.580. The summed E-state index contributed by atoms with van der Waals surface area (Å²) in [6.07, 6.45) is 0.990. The first kappa shape index (κ1) is 13.3. The average molecular weight is 264 g/mol. The molecule has 0 atom stereocenters. The SMILES string of the molecule is COC1=CC(=O)c2c(cc(CO)c(CO)c2O)C1=O. The van der Waals surface area contributed by atoms with Crippen LogP contribution >= 0.6 is 0 Å². The zero-order chi connectivity index (χ0) is 14.2. The number of carbonyl (C=O) groups excluding carboxylic acids is 2. The fourth-order valence-electron chi connectivity index (χ4n) is 2.05. The molecule has 0 saturated carbocycles. The van der Waals surface area contributed by atoms with E-state index in [0.717, 1.165) is 6.08 Å². The molecule has 1 aromatic rings. The number of carbonyl (C=O) groups is 2. The van der Waals surface area contributed by atoms with Crippen molar-refractivity contribution in [1.29, 1.82) is 0 Å². The molecular formula is C13H12O6. The van der Waals surface area contributed by atoms with Crippen molar-refractivity contribution in [1.82, 2.24) is 0 Å². The van der Waals surface area contributed by atoms with Gasteiger partial charge in [-0.05, 0) is 11.6 Å². The van der Waals surface area contributed by atoms with Gasteiger partial charge in [0.25, 0.3) is 0 Å². The van der Waals surface area contributed by atoms with E-state index >= 15 is 0 Å². The summed E-state index contributed by atoms with van der Waals surface area (Å²) in [7, 11) is 1.26. The summed E-state index contributed by atoms with van der Waals surface area (Å²) in [6, 6.07) is 1.28. The van der Waals surface area contributed by atoms with E-state index in [0.29, 0.717) is 0 Å². The summed E-state index contributed by atoms with van der Waals surface area (Å²) in [5.41, 5.74) is 0.0177. The summed E-state index contributed by atoms with van der Waals surface area (Å²) in [5.74, 6) is -1.74. The Balaban J connectivity index is 2.75. The first-order valence-corrected chi connectivity index (χ1v) is 5.49. The van der Waals surface area contributed by atoms with E-state index in [1.165, 1.54) is 13.2 Å². The van der Waals surface area contributed by atoms with E-state index in [-0.39, 0.29) is 28.0 Å². The molecule has 1 aliphatic rings. The van der Waals surface area contributed by atoms with Crippen LogP contribution in [0.15, 0.2) is 17.9 Å². The average Bonchev–Trinajstić information content (AvgIpc) is 2.41. The van der Waals surface area contributed by atoms with E-state index in [2.05, 4.69) is 0 Å². The number of methoxy groups -OCH3 is 1. The molecule has 0 aliphatic heterocycles. The Hall–Kier alpha value is -2.18. The van der Waals surface area contributed by atoms with Gasteiger partial charge in [0.15, 0.2) is 11.5 Å². The van der Waals surface area contributed by atoms with Gasteiger partial charge < -0.3 is 20.1 Å². The van der Waals surface area contributed by atoms with Gasteiger partial charge in [0.1, 0.15) is 5.75 Å². The van der Waals surface area contributed by atoms with E-state index in [9.17, 15) is 24.9 Å². The number of aliphatic hydroxyl groups is 2. The molecule has 3 N–H and O–H groups in total. The summed E-state index contributed by atoms with van der Waals surface area (Å²) < 4.78 is 4.80.